The molecule has 3 rings (SSSR count). The number of ether oxygens (including phenoxy) is 2. The van der Waals surface area contributed by atoms with E-state index in [2.05, 4.69) is 0 Å². The predicted octanol–water partition coefficient (Wildman–Crippen LogP) is 3.22. The summed E-state index contributed by atoms with van der Waals surface area (Å²) in [5, 5.41) is 0. The van der Waals surface area contributed by atoms with Gasteiger partial charge in [-0.05, 0) is 43.0 Å². The van der Waals surface area contributed by atoms with Crippen LogP contribution in [0.4, 0.5) is 4.39 Å². The quantitative estimate of drug-likeness (QED) is 0.893. The number of nitrogens with two attached hydrogens (primary N) is 1. The maximum absolute atomic E-state index is 13.9. The minimum absolute atomic E-state index is 0.411. The van der Waals surface area contributed by atoms with Crippen molar-refractivity contribution < 1.29 is 13.9 Å². The summed E-state index contributed by atoms with van der Waals surface area (Å²) in [6.45, 7) is 2.60. The van der Waals surface area contributed by atoms with Crippen molar-refractivity contribution in [2.75, 3.05) is 13.2 Å². The number of benzene rings is 1. The van der Waals surface area contributed by atoms with Crippen molar-refractivity contribution in [1.29, 1.82) is 0 Å². The van der Waals surface area contributed by atoms with Gasteiger partial charge in [0.2, 0.25) is 0 Å². The van der Waals surface area contributed by atoms with E-state index in [1.807, 2.05) is 6.07 Å². The third-order valence-electron chi connectivity index (χ3n) is 4.18. The smallest absolute Gasteiger partial charge is 0.161 e. The molecular weight excluding hydrogens is 245 g/mol. The normalized spacial score (nSPS) is 22.3. The molecule has 1 atom stereocenters. The van der Waals surface area contributed by atoms with Crippen molar-refractivity contribution >= 4 is 0 Å². The summed E-state index contributed by atoms with van der Waals surface area (Å²) in [5.41, 5.74) is 7.62. The summed E-state index contributed by atoms with van der Waals surface area (Å²) in [7, 11) is 0. The van der Waals surface area contributed by atoms with Gasteiger partial charge in [0.1, 0.15) is 19.4 Å². The summed E-state index contributed by atoms with van der Waals surface area (Å²) in [6, 6.07) is 3.66. The second-order valence-electron chi connectivity index (χ2n) is 5.56. The average Bonchev–Trinajstić information content (AvgIpc) is 2.85. The van der Waals surface area contributed by atoms with Crippen molar-refractivity contribution in [2.45, 2.75) is 44.3 Å². The summed E-state index contributed by atoms with van der Waals surface area (Å²) < 4.78 is 25.1. The second-order valence-corrected chi connectivity index (χ2v) is 5.56. The van der Waals surface area contributed by atoms with Crippen LogP contribution in [0.5, 0.6) is 11.5 Å². The van der Waals surface area contributed by atoms with Gasteiger partial charge in [-0.1, -0.05) is 12.8 Å². The Kier molecular flexibility index (Phi) is 3.13. The lowest BCUT2D eigenvalue weighted by Crippen LogP contribution is -2.34. The standard InChI is InChI=1S/C15H20FNO2/c1-10(16)11-8-13-14(19-7-6-18-13)9-12(11)15(17)4-2-3-5-15/h8-10H,2-7,17H2,1H3. The van der Waals surface area contributed by atoms with Gasteiger partial charge in [-0.15, -0.1) is 0 Å². The molecule has 1 unspecified atom stereocenters. The highest BCUT2D eigenvalue weighted by atomic mass is 19.1. The zero-order chi connectivity index (χ0) is 13.5. The van der Waals surface area contributed by atoms with E-state index in [1.165, 1.54) is 0 Å². The van der Waals surface area contributed by atoms with E-state index in [4.69, 9.17) is 15.2 Å². The highest BCUT2D eigenvalue weighted by molar-refractivity contribution is 5.51. The van der Waals surface area contributed by atoms with Gasteiger partial charge in [-0.2, -0.15) is 0 Å². The minimum Gasteiger partial charge on any atom is -0.486 e. The molecule has 3 nitrogen and oxygen atoms in total. The number of halogens is 1. The molecule has 2 N–H and O–H groups in total. The van der Waals surface area contributed by atoms with E-state index in [0.29, 0.717) is 30.3 Å². The van der Waals surface area contributed by atoms with E-state index in [0.717, 1.165) is 31.2 Å². The Morgan fingerprint density at radius 1 is 1.16 bits per heavy atom. The minimum atomic E-state index is -1.05. The average molecular weight is 265 g/mol. The van der Waals surface area contributed by atoms with Crippen LogP contribution in [-0.2, 0) is 5.54 Å². The van der Waals surface area contributed by atoms with E-state index in [1.54, 1.807) is 13.0 Å². The molecule has 1 aromatic carbocycles. The van der Waals surface area contributed by atoms with Crippen molar-refractivity contribution in [3.05, 3.63) is 23.3 Å². The number of rotatable bonds is 2. The molecule has 0 saturated heterocycles. The Morgan fingerprint density at radius 2 is 1.74 bits per heavy atom. The molecule has 1 aliphatic carbocycles. The Morgan fingerprint density at radius 3 is 2.32 bits per heavy atom. The molecule has 104 valence electrons. The van der Waals surface area contributed by atoms with Crippen LogP contribution < -0.4 is 15.2 Å². The molecule has 1 saturated carbocycles. The first-order chi connectivity index (χ1) is 9.10. The largest absolute Gasteiger partial charge is 0.486 e. The molecule has 1 fully saturated rings. The van der Waals surface area contributed by atoms with Crippen LogP contribution in [0, 0.1) is 0 Å². The summed E-state index contributed by atoms with van der Waals surface area (Å²) in [5.74, 6) is 1.33. The zero-order valence-corrected chi connectivity index (χ0v) is 11.2. The van der Waals surface area contributed by atoms with E-state index < -0.39 is 11.7 Å². The molecule has 1 aromatic rings. The van der Waals surface area contributed by atoms with Gasteiger partial charge >= 0.3 is 0 Å². The number of alkyl halides is 1. The van der Waals surface area contributed by atoms with E-state index >= 15 is 0 Å². The van der Waals surface area contributed by atoms with Gasteiger partial charge in [0, 0.05) is 5.54 Å². The summed E-state index contributed by atoms with van der Waals surface area (Å²) in [6.07, 6.45) is 2.97. The van der Waals surface area contributed by atoms with Gasteiger partial charge in [0.15, 0.2) is 11.5 Å². The zero-order valence-electron chi connectivity index (χ0n) is 11.2. The van der Waals surface area contributed by atoms with Gasteiger partial charge in [0.05, 0.1) is 0 Å². The summed E-state index contributed by atoms with van der Waals surface area (Å²) >= 11 is 0. The molecule has 4 heteroatoms. The van der Waals surface area contributed by atoms with Crippen LogP contribution in [0.15, 0.2) is 12.1 Å². The van der Waals surface area contributed by atoms with Gasteiger partial charge in [-0.3, -0.25) is 0 Å². The maximum atomic E-state index is 13.9. The molecule has 0 spiro atoms. The fraction of sp³-hybridized carbons (Fsp3) is 0.600. The van der Waals surface area contributed by atoms with Gasteiger partial charge in [-0.25, -0.2) is 4.39 Å². The van der Waals surface area contributed by atoms with E-state index in [9.17, 15) is 4.39 Å². The third-order valence-corrected chi connectivity index (χ3v) is 4.18. The van der Waals surface area contributed by atoms with Crippen LogP contribution in [0.25, 0.3) is 0 Å². The molecule has 1 heterocycles. The number of hydrogen-bond acceptors (Lipinski definition) is 3. The Hall–Kier alpha value is -1.29. The molecule has 0 amide bonds. The van der Waals surface area contributed by atoms with E-state index in [-0.39, 0.29) is 0 Å². The molecule has 1 aliphatic heterocycles. The van der Waals surface area contributed by atoms with Crippen LogP contribution in [0.2, 0.25) is 0 Å². The first-order valence-corrected chi connectivity index (χ1v) is 6.97. The topological polar surface area (TPSA) is 44.5 Å². The molecule has 2 aliphatic rings. The van der Waals surface area contributed by atoms with Crippen molar-refractivity contribution in [3.63, 3.8) is 0 Å². The van der Waals surface area contributed by atoms with Crippen molar-refractivity contribution in [3.8, 4) is 11.5 Å². The highest BCUT2D eigenvalue weighted by Crippen LogP contribution is 2.44. The summed E-state index contributed by atoms with van der Waals surface area (Å²) in [4.78, 5) is 0. The van der Waals surface area contributed by atoms with Crippen LogP contribution in [0.1, 0.15) is 49.9 Å². The SMILES string of the molecule is CC(F)c1cc2c(cc1C1(N)CCCC1)OCCO2. The number of hydrogen-bond donors (Lipinski definition) is 1. The fourth-order valence-electron chi connectivity index (χ4n) is 3.14. The fourth-order valence-corrected chi connectivity index (χ4v) is 3.14. The van der Waals surface area contributed by atoms with Gasteiger partial charge < -0.3 is 15.2 Å². The molecule has 0 bridgehead atoms. The second kappa shape index (κ2) is 4.67. The lowest BCUT2D eigenvalue weighted by Gasteiger charge is -2.30. The van der Waals surface area contributed by atoms with Crippen molar-refractivity contribution in [1.82, 2.24) is 0 Å². The Bertz CT molecular complexity index is 481. The predicted molar refractivity (Wildman–Crippen MR) is 71.3 cm³/mol. The molecule has 0 radical (unpaired) electrons. The van der Waals surface area contributed by atoms with Crippen LogP contribution >= 0.6 is 0 Å². The van der Waals surface area contributed by atoms with Crippen molar-refractivity contribution in [2.24, 2.45) is 5.73 Å². The maximum Gasteiger partial charge on any atom is 0.161 e. The number of fused-ring (bicyclic) bond motifs is 1. The molecule has 19 heavy (non-hydrogen) atoms. The molecular formula is C15H20FNO2. The Labute approximate surface area is 112 Å². The highest BCUT2D eigenvalue weighted by Gasteiger charge is 2.35. The molecule has 0 aromatic heterocycles. The first kappa shape index (κ1) is 12.7. The third kappa shape index (κ3) is 2.18. The Balaban J connectivity index is 2.10. The van der Waals surface area contributed by atoms with Gasteiger partial charge in [0.25, 0.3) is 0 Å². The monoisotopic (exact) mass is 265 g/mol. The lowest BCUT2D eigenvalue weighted by atomic mass is 9.84. The first-order valence-electron chi connectivity index (χ1n) is 6.97. The lowest BCUT2D eigenvalue weighted by molar-refractivity contribution is 0.170. The van der Waals surface area contributed by atoms with Crippen LogP contribution in [0.3, 0.4) is 0 Å². The van der Waals surface area contributed by atoms with Crippen LogP contribution in [-0.4, -0.2) is 13.2 Å².